The molecule has 0 bridgehead atoms. The highest BCUT2D eigenvalue weighted by Gasteiger charge is 2.32. The Hall–Kier alpha value is -2.14. The molecule has 2 aliphatic rings. The minimum Gasteiger partial charge on any atom is -0.337 e. The van der Waals surface area contributed by atoms with Gasteiger partial charge >= 0.3 is 0 Å². The minimum atomic E-state index is 0.196. The highest BCUT2D eigenvalue weighted by molar-refractivity contribution is 5.97. The Balaban J connectivity index is 1.49. The summed E-state index contributed by atoms with van der Waals surface area (Å²) in [6, 6.07) is 8.49. The summed E-state index contributed by atoms with van der Waals surface area (Å²) in [6.07, 6.45) is 3.78. The fourth-order valence-electron chi connectivity index (χ4n) is 3.86. The van der Waals surface area contributed by atoms with E-state index >= 15 is 0 Å². The van der Waals surface area contributed by atoms with Crippen molar-refractivity contribution in [1.82, 2.24) is 14.5 Å². The van der Waals surface area contributed by atoms with Gasteiger partial charge in [-0.2, -0.15) is 0 Å². The molecule has 1 atom stereocenters. The lowest BCUT2D eigenvalue weighted by Crippen LogP contribution is -2.44. The molecule has 1 aromatic carbocycles. The lowest BCUT2D eigenvalue weighted by molar-refractivity contribution is -0.120. The number of benzene rings is 1. The molecule has 23 heavy (non-hydrogen) atoms. The van der Waals surface area contributed by atoms with Crippen molar-refractivity contribution in [2.24, 2.45) is 7.05 Å². The molecule has 1 aromatic heterocycles. The Morgan fingerprint density at radius 2 is 2.17 bits per heavy atom. The van der Waals surface area contributed by atoms with E-state index in [0.717, 1.165) is 37.3 Å². The predicted octanol–water partition coefficient (Wildman–Crippen LogP) is 1.76. The normalized spacial score (nSPS) is 20.4. The molecule has 0 spiro atoms. The second-order valence-corrected chi connectivity index (χ2v) is 6.66. The van der Waals surface area contributed by atoms with Crippen molar-refractivity contribution < 1.29 is 4.79 Å². The van der Waals surface area contributed by atoms with E-state index in [1.165, 1.54) is 11.3 Å². The molecule has 0 aliphatic carbocycles. The number of aromatic nitrogens is 2. The highest BCUT2D eigenvalue weighted by atomic mass is 16.2. The van der Waals surface area contributed by atoms with E-state index in [1.54, 1.807) is 0 Å². The lowest BCUT2D eigenvalue weighted by atomic mass is 10.1. The quantitative estimate of drug-likeness (QED) is 0.849. The van der Waals surface area contributed by atoms with Gasteiger partial charge in [0.2, 0.25) is 5.91 Å². The minimum absolute atomic E-state index is 0.196. The van der Waals surface area contributed by atoms with Crippen molar-refractivity contribution in [2.75, 3.05) is 18.0 Å². The smallest absolute Gasteiger partial charge is 0.241 e. The molecule has 1 unspecified atom stereocenters. The molecule has 1 amide bonds. The molecule has 3 heterocycles. The monoisotopic (exact) mass is 310 g/mol. The summed E-state index contributed by atoms with van der Waals surface area (Å²) in [5.41, 5.74) is 4.77. The number of anilines is 1. The van der Waals surface area contributed by atoms with Crippen LogP contribution in [0.15, 0.2) is 30.6 Å². The summed E-state index contributed by atoms with van der Waals surface area (Å²) in [5, 5.41) is 0. The number of imidazole rings is 1. The SMILES string of the molecule is CC1Cc2ccccc2N1C(=O)CN1CCc2c(ncn2C)C1. The first-order chi connectivity index (χ1) is 11.1. The molecule has 2 aromatic rings. The third kappa shape index (κ3) is 2.45. The van der Waals surface area contributed by atoms with Crippen molar-refractivity contribution in [3.05, 3.63) is 47.5 Å². The fourth-order valence-corrected chi connectivity index (χ4v) is 3.86. The van der Waals surface area contributed by atoms with Crippen molar-refractivity contribution in [3.8, 4) is 0 Å². The van der Waals surface area contributed by atoms with Gasteiger partial charge in [-0.1, -0.05) is 18.2 Å². The van der Waals surface area contributed by atoms with Gasteiger partial charge in [-0.3, -0.25) is 9.69 Å². The third-order valence-electron chi connectivity index (χ3n) is 5.02. The van der Waals surface area contributed by atoms with E-state index in [0.29, 0.717) is 6.54 Å². The summed E-state index contributed by atoms with van der Waals surface area (Å²) in [7, 11) is 2.04. The molecule has 0 saturated carbocycles. The molecule has 0 N–H and O–H groups in total. The van der Waals surface area contributed by atoms with Crippen LogP contribution >= 0.6 is 0 Å². The van der Waals surface area contributed by atoms with Crippen LogP contribution in [0.5, 0.6) is 0 Å². The van der Waals surface area contributed by atoms with Crippen LogP contribution < -0.4 is 4.90 Å². The molecular formula is C18H22N4O. The number of hydrogen-bond acceptors (Lipinski definition) is 3. The molecule has 0 radical (unpaired) electrons. The number of rotatable bonds is 2. The van der Waals surface area contributed by atoms with Crippen LogP contribution in [0.25, 0.3) is 0 Å². The van der Waals surface area contributed by atoms with Crippen LogP contribution in [0.2, 0.25) is 0 Å². The molecule has 5 heteroatoms. The maximum Gasteiger partial charge on any atom is 0.241 e. The van der Waals surface area contributed by atoms with E-state index in [9.17, 15) is 4.79 Å². The van der Waals surface area contributed by atoms with Gasteiger partial charge < -0.3 is 9.47 Å². The van der Waals surface area contributed by atoms with Gasteiger partial charge in [0.15, 0.2) is 0 Å². The zero-order valence-corrected chi connectivity index (χ0v) is 13.7. The van der Waals surface area contributed by atoms with E-state index in [-0.39, 0.29) is 11.9 Å². The van der Waals surface area contributed by atoms with E-state index in [2.05, 4.69) is 33.5 Å². The van der Waals surface area contributed by atoms with Gasteiger partial charge in [0.25, 0.3) is 0 Å². The molecule has 120 valence electrons. The van der Waals surface area contributed by atoms with Crippen LogP contribution in [0.1, 0.15) is 23.9 Å². The van der Waals surface area contributed by atoms with Crippen LogP contribution in [0.4, 0.5) is 5.69 Å². The van der Waals surface area contributed by atoms with Crippen LogP contribution in [-0.2, 0) is 31.2 Å². The number of amides is 1. The number of aryl methyl sites for hydroxylation is 1. The largest absolute Gasteiger partial charge is 0.337 e. The van der Waals surface area contributed by atoms with Crippen LogP contribution in [0.3, 0.4) is 0 Å². The zero-order chi connectivity index (χ0) is 16.0. The maximum atomic E-state index is 12.9. The summed E-state index contributed by atoms with van der Waals surface area (Å²) in [6.45, 7) is 4.29. The van der Waals surface area contributed by atoms with Crippen molar-refractivity contribution in [1.29, 1.82) is 0 Å². The number of nitrogens with zero attached hydrogens (tertiary/aromatic N) is 4. The van der Waals surface area contributed by atoms with E-state index in [1.807, 2.05) is 30.4 Å². The maximum absolute atomic E-state index is 12.9. The van der Waals surface area contributed by atoms with Gasteiger partial charge in [-0.15, -0.1) is 0 Å². The summed E-state index contributed by atoms with van der Waals surface area (Å²) >= 11 is 0. The average molecular weight is 310 g/mol. The zero-order valence-electron chi connectivity index (χ0n) is 13.7. The fraction of sp³-hybridized carbons (Fsp3) is 0.444. The molecule has 4 rings (SSSR count). The molecular weight excluding hydrogens is 288 g/mol. The van der Waals surface area contributed by atoms with Crippen molar-refractivity contribution in [3.63, 3.8) is 0 Å². The van der Waals surface area contributed by atoms with E-state index in [4.69, 9.17) is 0 Å². The third-order valence-corrected chi connectivity index (χ3v) is 5.02. The Kier molecular flexibility index (Phi) is 3.45. The summed E-state index contributed by atoms with van der Waals surface area (Å²) in [5.74, 6) is 0.196. The van der Waals surface area contributed by atoms with Crippen LogP contribution in [-0.4, -0.2) is 39.5 Å². The van der Waals surface area contributed by atoms with Gasteiger partial charge in [-0.05, 0) is 25.0 Å². The van der Waals surface area contributed by atoms with E-state index < -0.39 is 0 Å². The average Bonchev–Trinajstić information content (AvgIpc) is 3.06. The number of para-hydroxylation sites is 1. The van der Waals surface area contributed by atoms with Crippen LogP contribution in [0, 0.1) is 0 Å². The summed E-state index contributed by atoms with van der Waals surface area (Å²) in [4.78, 5) is 21.5. The van der Waals surface area contributed by atoms with Crippen molar-refractivity contribution >= 4 is 11.6 Å². The predicted molar refractivity (Wildman–Crippen MR) is 89.3 cm³/mol. The first-order valence-electron chi connectivity index (χ1n) is 8.25. The van der Waals surface area contributed by atoms with Gasteiger partial charge in [0.05, 0.1) is 18.6 Å². The number of carbonyl (C=O) groups is 1. The van der Waals surface area contributed by atoms with Gasteiger partial charge in [-0.25, -0.2) is 4.98 Å². The van der Waals surface area contributed by atoms with Gasteiger partial charge in [0.1, 0.15) is 0 Å². The molecule has 5 nitrogen and oxygen atoms in total. The Labute approximate surface area is 136 Å². The van der Waals surface area contributed by atoms with Crippen molar-refractivity contribution in [2.45, 2.75) is 32.4 Å². The van der Waals surface area contributed by atoms with Gasteiger partial charge in [0, 0.05) is 44.0 Å². The number of fused-ring (bicyclic) bond motifs is 2. The Morgan fingerprint density at radius 1 is 1.35 bits per heavy atom. The first kappa shape index (κ1) is 14.5. The highest BCUT2D eigenvalue weighted by Crippen LogP contribution is 2.32. The Morgan fingerprint density at radius 3 is 3.04 bits per heavy atom. The molecule has 2 aliphatic heterocycles. The second-order valence-electron chi connectivity index (χ2n) is 6.66. The standard InChI is InChI=1S/C18H22N4O/c1-13-9-14-5-3-4-6-16(14)22(13)18(23)11-21-8-7-17-15(10-21)19-12-20(17)2/h3-6,12-13H,7-11H2,1-2H3. The Bertz CT molecular complexity index is 751. The summed E-state index contributed by atoms with van der Waals surface area (Å²) < 4.78 is 2.09. The molecule has 0 fully saturated rings. The number of hydrogen-bond donors (Lipinski definition) is 0. The molecule has 0 saturated heterocycles. The number of carbonyl (C=O) groups excluding carboxylic acids is 1. The topological polar surface area (TPSA) is 41.4 Å². The second kappa shape index (κ2) is 5.49. The first-order valence-corrected chi connectivity index (χ1v) is 8.25. The lowest BCUT2D eigenvalue weighted by Gasteiger charge is -2.29.